The molecular formula is C5H3ClN4O4S. The molecule has 0 aliphatic carbocycles. The number of halogens is 1. The lowest BCUT2D eigenvalue weighted by Gasteiger charge is -2.03. The summed E-state index contributed by atoms with van der Waals surface area (Å²) in [5.41, 5.74) is 4.93. The minimum absolute atomic E-state index is 0.275. The first-order chi connectivity index (χ1) is 6.83. The molecule has 0 spiro atoms. The molecule has 0 saturated carbocycles. The fourth-order valence-corrected chi connectivity index (χ4v) is 1.17. The number of nitrogen functional groups attached to an aromatic ring is 1. The second-order valence-electron chi connectivity index (χ2n) is 2.18. The first kappa shape index (κ1) is 11.4. The SMILES string of the molecule is N#Cc1nc(Cl)c(OS(=O)(=O)O)nc1N. The van der Waals surface area contributed by atoms with Crippen molar-refractivity contribution in [2.75, 3.05) is 5.73 Å². The number of nitrogens with two attached hydrogens (primary N) is 1. The number of hydrogen-bond donors (Lipinski definition) is 2. The van der Waals surface area contributed by atoms with Gasteiger partial charge in [0.05, 0.1) is 0 Å². The van der Waals surface area contributed by atoms with Gasteiger partial charge in [0.1, 0.15) is 6.07 Å². The Hall–Kier alpha value is -1.63. The van der Waals surface area contributed by atoms with Crippen LogP contribution in [-0.4, -0.2) is 22.9 Å². The largest absolute Gasteiger partial charge is 0.448 e. The maximum absolute atomic E-state index is 10.3. The Bertz CT molecular complexity index is 537. The van der Waals surface area contributed by atoms with E-state index < -0.39 is 21.4 Å². The van der Waals surface area contributed by atoms with Crippen LogP contribution in [0.5, 0.6) is 5.88 Å². The Morgan fingerprint density at radius 2 is 2.13 bits per heavy atom. The van der Waals surface area contributed by atoms with Crippen molar-refractivity contribution in [2.45, 2.75) is 0 Å². The summed E-state index contributed by atoms with van der Waals surface area (Å²) >= 11 is 5.41. The van der Waals surface area contributed by atoms with Gasteiger partial charge in [0.25, 0.3) is 5.88 Å². The lowest BCUT2D eigenvalue weighted by atomic mass is 10.4. The van der Waals surface area contributed by atoms with E-state index in [9.17, 15) is 8.42 Å². The Balaban J connectivity index is 3.24. The minimum atomic E-state index is -4.76. The highest BCUT2D eigenvalue weighted by Crippen LogP contribution is 2.23. The Kier molecular flexibility index (Phi) is 2.94. The quantitative estimate of drug-likeness (QED) is 0.686. The molecule has 10 heteroatoms. The van der Waals surface area contributed by atoms with Crippen molar-refractivity contribution >= 4 is 27.8 Å². The van der Waals surface area contributed by atoms with Crippen LogP contribution in [0.2, 0.25) is 5.15 Å². The molecule has 1 aromatic rings. The monoisotopic (exact) mass is 250 g/mol. The van der Waals surface area contributed by atoms with E-state index in [1.807, 2.05) is 0 Å². The average molecular weight is 251 g/mol. The highest BCUT2D eigenvalue weighted by molar-refractivity contribution is 7.81. The van der Waals surface area contributed by atoms with Gasteiger partial charge in [0.15, 0.2) is 16.7 Å². The molecule has 8 nitrogen and oxygen atoms in total. The normalized spacial score (nSPS) is 10.7. The molecular weight excluding hydrogens is 248 g/mol. The van der Waals surface area contributed by atoms with E-state index in [-0.39, 0.29) is 11.5 Å². The summed E-state index contributed by atoms with van der Waals surface area (Å²) in [5, 5.41) is 7.97. The number of aromatic nitrogens is 2. The van der Waals surface area contributed by atoms with E-state index in [0.29, 0.717) is 0 Å². The maximum Gasteiger partial charge on any atom is 0.448 e. The number of hydrogen-bond acceptors (Lipinski definition) is 7. The summed E-state index contributed by atoms with van der Waals surface area (Å²) in [5.74, 6) is -1.06. The summed E-state index contributed by atoms with van der Waals surface area (Å²) in [4.78, 5) is 6.72. The molecule has 0 unspecified atom stereocenters. The standard InChI is InChI=1S/C5H3ClN4O4S/c6-3-5(14-15(11,12)13)10-4(8)2(1-7)9-3/h(H2,8,10)(H,11,12,13). The van der Waals surface area contributed by atoms with Crippen LogP contribution in [0.1, 0.15) is 5.69 Å². The van der Waals surface area contributed by atoms with Crippen LogP contribution in [-0.2, 0) is 10.4 Å². The van der Waals surface area contributed by atoms with Crippen LogP contribution in [0.4, 0.5) is 5.82 Å². The highest BCUT2D eigenvalue weighted by Gasteiger charge is 2.16. The van der Waals surface area contributed by atoms with Gasteiger partial charge in [-0.1, -0.05) is 11.6 Å². The topological polar surface area (TPSA) is 139 Å². The number of nitriles is 1. The Morgan fingerprint density at radius 3 is 2.60 bits per heavy atom. The maximum atomic E-state index is 10.3. The Morgan fingerprint density at radius 1 is 1.53 bits per heavy atom. The summed E-state index contributed by atoms with van der Waals surface area (Å²) in [7, 11) is -4.76. The van der Waals surface area contributed by atoms with E-state index in [1.165, 1.54) is 0 Å². The smallest absolute Gasteiger partial charge is 0.381 e. The van der Waals surface area contributed by atoms with Crippen molar-refractivity contribution in [2.24, 2.45) is 0 Å². The minimum Gasteiger partial charge on any atom is -0.381 e. The van der Waals surface area contributed by atoms with Gasteiger partial charge in [-0.3, -0.25) is 4.55 Å². The van der Waals surface area contributed by atoms with Gasteiger partial charge in [0, 0.05) is 0 Å². The second kappa shape index (κ2) is 3.85. The van der Waals surface area contributed by atoms with Gasteiger partial charge in [-0.05, 0) is 0 Å². The molecule has 1 aromatic heterocycles. The molecule has 0 radical (unpaired) electrons. The predicted molar refractivity (Wildman–Crippen MR) is 48.3 cm³/mol. The molecule has 3 N–H and O–H groups in total. The van der Waals surface area contributed by atoms with E-state index in [0.717, 1.165) is 0 Å². The molecule has 0 bridgehead atoms. The van der Waals surface area contributed by atoms with Gasteiger partial charge in [-0.2, -0.15) is 18.7 Å². The third-order valence-electron chi connectivity index (χ3n) is 1.14. The predicted octanol–water partition coefficient (Wildman–Crippen LogP) is -0.235. The van der Waals surface area contributed by atoms with Gasteiger partial charge < -0.3 is 9.92 Å². The van der Waals surface area contributed by atoms with Gasteiger partial charge >= 0.3 is 10.4 Å². The molecule has 0 saturated heterocycles. The van der Waals surface area contributed by atoms with Gasteiger partial charge in [0.2, 0.25) is 0 Å². The van der Waals surface area contributed by atoms with Crippen molar-refractivity contribution < 1.29 is 17.2 Å². The zero-order valence-electron chi connectivity index (χ0n) is 6.88. The fourth-order valence-electron chi connectivity index (χ4n) is 0.647. The summed E-state index contributed by atoms with van der Waals surface area (Å²) in [6.07, 6.45) is 0. The van der Waals surface area contributed by atoms with Crippen molar-refractivity contribution in [1.29, 1.82) is 5.26 Å². The van der Waals surface area contributed by atoms with E-state index in [2.05, 4.69) is 14.2 Å². The molecule has 0 aromatic carbocycles. The lowest BCUT2D eigenvalue weighted by molar-refractivity contribution is 0.380. The zero-order chi connectivity index (χ0) is 11.6. The number of rotatable bonds is 2. The summed E-state index contributed by atoms with van der Waals surface area (Å²) in [6.45, 7) is 0. The molecule has 0 amide bonds. The molecule has 0 aliphatic heterocycles. The Labute approximate surface area is 89.2 Å². The lowest BCUT2D eigenvalue weighted by Crippen LogP contribution is -2.10. The number of anilines is 1. The van der Waals surface area contributed by atoms with Crippen LogP contribution in [0.25, 0.3) is 0 Å². The van der Waals surface area contributed by atoms with Crippen molar-refractivity contribution in [3.05, 3.63) is 10.8 Å². The van der Waals surface area contributed by atoms with E-state index >= 15 is 0 Å². The molecule has 1 heterocycles. The molecule has 1 rings (SSSR count). The first-order valence-corrected chi connectivity index (χ1v) is 4.98. The zero-order valence-corrected chi connectivity index (χ0v) is 8.45. The average Bonchev–Trinajstić information content (AvgIpc) is 2.08. The molecule has 0 aliphatic rings. The molecule has 80 valence electrons. The van der Waals surface area contributed by atoms with Crippen molar-refractivity contribution in [3.8, 4) is 11.9 Å². The fraction of sp³-hybridized carbons (Fsp3) is 0. The molecule has 0 atom stereocenters. The summed E-state index contributed by atoms with van der Waals surface area (Å²) in [6, 6.07) is 1.58. The second-order valence-corrected chi connectivity index (χ2v) is 3.56. The third-order valence-corrected chi connectivity index (χ3v) is 1.76. The van der Waals surface area contributed by atoms with Gasteiger partial charge in [-0.25, -0.2) is 4.98 Å². The highest BCUT2D eigenvalue weighted by atomic mass is 35.5. The van der Waals surface area contributed by atoms with Crippen LogP contribution < -0.4 is 9.92 Å². The van der Waals surface area contributed by atoms with Crippen molar-refractivity contribution in [1.82, 2.24) is 9.97 Å². The molecule has 0 fully saturated rings. The van der Waals surface area contributed by atoms with Crippen LogP contribution in [0.15, 0.2) is 0 Å². The summed E-state index contributed by atoms with van der Waals surface area (Å²) < 4.78 is 32.9. The van der Waals surface area contributed by atoms with Crippen LogP contribution in [0.3, 0.4) is 0 Å². The van der Waals surface area contributed by atoms with Crippen molar-refractivity contribution in [3.63, 3.8) is 0 Å². The van der Waals surface area contributed by atoms with Crippen LogP contribution >= 0.6 is 11.6 Å². The van der Waals surface area contributed by atoms with Gasteiger partial charge in [-0.15, -0.1) is 0 Å². The third kappa shape index (κ3) is 2.91. The van der Waals surface area contributed by atoms with Crippen LogP contribution in [0, 0.1) is 11.3 Å². The van der Waals surface area contributed by atoms with E-state index in [1.54, 1.807) is 6.07 Å². The first-order valence-electron chi connectivity index (χ1n) is 3.23. The van der Waals surface area contributed by atoms with E-state index in [4.69, 9.17) is 27.1 Å². The molecule has 15 heavy (non-hydrogen) atoms. The number of nitrogens with zero attached hydrogens (tertiary/aromatic N) is 3.